The Balaban J connectivity index is 2.38. The fourth-order valence-corrected chi connectivity index (χ4v) is 3.03. The Hall–Kier alpha value is -1.34. The molecule has 2 rings (SSSR count). The second-order valence-electron chi connectivity index (χ2n) is 5.73. The molecule has 0 N–H and O–H groups in total. The molecule has 0 aliphatic carbocycles. The van der Waals surface area contributed by atoms with Gasteiger partial charge in [0, 0.05) is 29.5 Å². The molecule has 1 aliphatic rings. The smallest absolute Gasteiger partial charge is 0.223 e. The van der Waals surface area contributed by atoms with E-state index in [2.05, 4.69) is 28.1 Å². The predicted molar refractivity (Wildman–Crippen MR) is 78.9 cm³/mol. The number of hydrogen-bond acceptors (Lipinski definition) is 2. The van der Waals surface area contributed by atoms with Crippen molar-refractivity contribution < 1.29 is 4.79 Å². The highest BCUT2D eigenvalue weighted by molar-refractivity contribution is 9.10. The van der Waals surface area contributed by atoms with E-state index in [1.807, 2.05) is 26.0 Å². The summed E-state index contributed by atoms with van der Waals surface area (Å²) in [6.45, 7) is 6.15. The number of fused-ring (bicyclic) bond motifs is 1. The molecule has 4 heteroatoms. The van der Waals surface area contributed by atoms with Crippen LogP contribution in [0.4, 0.5) is 5.69 Å². The Labute approximate surface area is 122 Å². The van der Waals surface area contributed by atoms with Crippen molar-refractivity contribution in [1.82, 2.24) is 0 Å². The van der Waals surface area contributed by atoms with E-state index in [9.17, 15) is 10.1 Å². The van der Waals surface area contributed by atoms with Crippen molar-refractivity contribution in [2.24, 2.45) is 5.41 Å². The molecule has 1 heterocycles. The lowest BCUT2D eigenvalue weighted by Crippen LogP contribution is -2.28. The van der Waals surface area contributed by atoms with E-state index >= 15 is 0 Å². The van der Waals surface area contributed by atoms with Crippen LogP contribution in [0, 0.1) is 16.7 Å². The molecule has 0 fully saturated rings. The van der Waals surface area contributed by atoms with Crippen LogP contribution in [-0.2, 0) is 4.79 Å². The maximum Gasteiger partial charge on any atom is 0.223 e. The number of anilines is 1. The summed E-state index contributed by atoms with van der Waals surface area (Å²) in [6, 6.07) is 8.33. The maximum atomic E-state index is 11.7. The zero-order chi connectivity index (χ0) is 14.2. The minimum absolute atomic E-state index is 0.0563. The molecule has 1 aliphatic heterocycles. The van der Waals surface area contributed by atoms with Gasteiger partial charge in [0.2, 0.25) is 5.91 Å². The Morgan fingerprint density at radius 3 is 2.84 bits per heavy atom. The van der Waals surface area contributed by atoms with Crippen LogP contribution in [0.3, 0.4) is 0 Å². The van der Waals surface area contributed by atoms with Gasteiger partial charge in [-0.1, -0.05) is 15.9 Å². The molecule has 3 nitrogen and oxygen atoms in total. The molecule has 0 saturated carbocycles. The van der Waals surface area contributed by atoms with Gasteiger partial charge in [0.15, 0.2) is 0 Å². The number of carbonyl (C=O) groups is 1. The number of rotatable bonds is 2. The second-order valence-corrected chi connectivity index (χ2v) is 6.65. The van der Waals surface area contributed by atoms with Crippen molar-refractivity contribution in [3.8, 4) is 6.07 Å². The Bertz CT molecular complexity index is 560. The number of carbonyl (C=O) groups excluding carboxylic acids is 1. The van der Waals surface area contributed by atoms with E-state index in [4.69, 9.17) is 0 Å². The van der Waals surface area contributed by atoms with Gasteiger partial charge in [0.05, 0.1) is 11.5 Å². The van der Waals surface area contributed by atoms with Crippen molar-refractivity contribution in [3.63, 3.8) is 0 Å². The molecule has 0 radical (unpaired) electrons. The summed E-state index contributed by atoms with van der Waals surface area (Å²) in [4.78, 5) is 13.5. The number of hydrogen-bond donors (Lipinski definition) is 0. The molecule has 1 aromatic carbocycles. The number of halogens is 1. The van der Waals surface area contributed by atoms with Gasteiger partial charge in [-0.25, -0.2) is 0 Å². The Morgan fingerprint density at radius 1 is 1.58 bits per heavy atom. The van der Waals surface area contributed by atoms with E-state index in [-0.39, 0.29) is 17.2 Å². The van der Waals surface area contributed by atoms with Gasteiger partial charge >= 0.3 is 0 Å². The third kappa shape index (κ3) is 2.82. The first-order valence-corrected chi connectivity index (χ1v) is 7.12. The summed E-state index contributed by atoms with van der Waals surface area (Å²) in [5, 5.41) is 9.19. The molecule has 0 bridgehead atoms. The van der Waals surface area contributed by atoms with Gasteiger partial charge in [-0.05, 0) is 44.0 Å². The summed E-state index contributed by atoms with van der Waals surface area (Å²) in [5.41, 5.74) is 1.76. The van der Waals surface area contributed by atoms with Crippen LogP contribution in [0.15, 0.2) is 22.7 Å². The molecule has 0 spiro atoms. The maximum absolute atomic E-state index is 11.7. The summed E-state index contributed by atoms with van der Waals surface area (Å²) in [7, 11) is 0. The first-order chi connectivity index (χ1) is 8.84. The first-order valence-electron chi connectivity index (χ1n) is 6.33. The lowest BCUT2D eigenvalue weighted by molar-refractivity contribution is -0.116. The van der Waals surface area contributed by atoms with Gasteiger partial charge < -0.3 is 4.90 Å². The van der Waals surface area contributed by atoms with Gasteiger partial charge in [-0.15, -0.1) is 0 Å². The fraction of sp³-hybridized carbons (Fsp3) is 0.467. The first kappa shape index (κ1) is 14.1. The van der Waals surface area contributed by atoms with Crippen LogP contribution in [0.2, 0.25) is 0 Å². The van der Waals surface area contributed by atoms with E-state index in [0.29, 0.717) is 6.54 Å². The second kappa shape index (κ2) is 4.97. The molecule has 1 aromatic rings. The predicted octanol–water partition coefficient (Wildman–Crippen LogP) is 3.84. The monoisotopic (exact) mass is 320 g/mol. The summed E-state index contributed by atoms with van der Waals surface area (Å²) in [6.07, 6.45) is 0.761. The molecule has 100 valence electrons. The Morgan fingerprint density at radius 2 is 2.26 bits per heavy atom. The van der Waals surface area contributed by atoms with Gasteiger partial charge in [-0.2, -0.15) is 5.26 Å². The highest BCUT2D eigenvalue weighted by Crippen LogP contribution is 2.43. The fourth-order valence-electron chi connectivity index (χ4n) is 2.65. The number of nitriles is 1. The molecule has 1 amide bonds. The van der Waals surface area contributed by atoms with Crippen molar-refractivity contribution in [3.05, 3.63) is 28.2 Å². The Kier molecular flexibility index (Phi) is 3.69. The van der Waals surface area contributed by atoms with Crippen molar-refractivity contribution in [2.45, 2.75) is 33.1 Å². The molecular weight excluding hydrogens is 304 g/mol. The quantitative estimate of drug-likeness (QED) is 0.831. The van der Waals surface area contributed by atoms with E-state index in [1.165, 1.54) is 0 Å². The van der Waals surface area contributed by atoms with Gasteiger partial charge in [-0.3, -0.25) is 4.79 Å². The van der Waals surface area contributed by atoms with Crippen LogP contribution in [0.5, 0.6) is 0 Å². The van der Waals surface area contributed by atoms with Crippen LogP contribution in [0.25, 0.3) is 0 Å². The zero-order valence-electron chi connectivity index (χ0n) is 11.4. The summed E-state index contributed by atoms with van der Waals surface area (Å²) in [5.74, 6) is 0.284. The third-order valence-corrected chi connectivity index (χ3v) is 4.06. The normalized spacial score (nSPS) is 18.1. The SMILES string of the molecule is CC(=O)N1CC(CC(C)(C)C#N)c2cc(Br)ccc21. The molecular formula is C15H17BrN2O. The van der Waals surface area contributed by atoms with Crippen molar-refractivity contribution in [1.29, 1.82) is 5.26 Å². The van der Waals surface area contributed by atoms with Crippen LogP contribution in [0.1, 0.15) is 38.7 Å². The standard InChI is InChI=1S/C15H17BrN2O/c1-10(19)18-8-11(7-15(2,3)9-17)13-6-12(16)4-5-14(13)18/h4-6,11H,7-8H2,1-3H3. The largest absolute Gasteiger partial charge is 0.312 e. The zero-order valence-corrected chi connectivity index (χ0v) is 13.0. The summed E-state index contributed by atoms with van der Waals surface area (Å²) < 4.78 is 1.01. The number of benzene rings is 1. The highest BCUT2D eigenvalue weighted by Gasteiger charge is 2.34. The van der Waals surface area contributed by atoms with E-state index in [0.717, 1.165) is 22.1 Å². The minimum Gasteiger partial charge on any atom is -0.312 e. The third-order valence-electron chi connectivity index (χ3n) is 3.56. The average Bonchev–Trinajstić information content (AvgIpc) is 2.67. The molecule has 0 aromatic heterocycles. The number of nitrogens with zero attached hydrogens (tertiary/aromatic N) is 2. The van der Waals surface area contributed by atoms with Gasteiger partial charge in [0.1, 0.15) is 0 Å². The van der Waals surface area contributed by atoms with Crippen LogP contribution < -0.4 is 4.90 Å². The minimum atomic E-state index is -0.378. The van der Waals surface area contributed by atoms with Crippen molar-refractivity contribution in [2.75, 3.05) is 11.4 Å². The van der Waals surface area contributed by atoms with Crippen LogP contribution in [-0.4, -0.2) is 12.5 Å². The molecule has 1 atom stereocenters. The number of amides is 1. The summed E-state index contributed by atoms with van der Waals surface area (Å²) >= 11 is 3.48. The molecule has 1 unspecified atom stereocenters. The lowest BCUT2D eigenvalue weighted by atomic mass is 9.82. The van der Waals surface area contributed by atoms with E-state index in [1.54, 1.807) is 11.8 Å². The van der Waals surface area contributed by atoms with Gasteiger partial charge in [0.25, 0.3) is 0 Å². The lowest BCUT2D eigenvalue weighted by Gasteiger charge is -2.21. The average molecular weight is 321 g/mol. The van der Waals surface area contributed by atoms with Crippen LogP contribution >= 0.6 is 15.9 Å². The highest BCUT2D eigenvalue weighted by atomic mass is 79.9. The van der Waals surface area contributed by atoms with Crippen molar-refractivity contribution >= 4 is 27.5 Å². The topological polar surface area (TPSA) is 44.1 Å². The van der Waals surface area contributed by atoms with E-state index < -0.39 is 0 Å². The molecule has 19 heavy (non-hydrogen) atoms. The molecule has 0 saturated heterocycles.